The second kappa shape index (κ2) is 7.25. The smallest absolute Gasteiger partial charge is 0.264 e. The highest BCUT2D eigenvalue weighted by Gasteiger charge is 2.19. The molecule has 2 N–H and O–H groups in total. The van der Waals surface area contributed by atoms with Gasteiger partial charge in [0, 0.05) is 7.05 Å². The Hall–Kier alpha value is -1.40. The van der Waals surface area contributed by atoms with Gasteiger partial charge in [0.1, 0.15) is 0 Å². The minimum atomic E-state index is -0.280. The summed E-state index contributed by atoms with van der Waals surface area (Å²) in [5.74, 6) is -0.289. The number of thiophene rings is 1. The molecule has 0 saturated carbocycles. The lowest BCUT2D eigenvalue weighted by Gasteiger charge is -2.22. The van der Waals surface area contributed by atoms with Crippen LogP contribution in [0.25, 0.3) is 0 Å². The first-order valence-corrected chi connectivity index (χ1v) is 7.02. The molecule has 0 aliphatic heterocycles. The van der Waals surface area contributed by atoms with Crippen LogP contribution in [-0.4, -0.2) is 48.1 Å². The Bertz CT molecular complexity index is 418. The molecule has 0 unspecified atom stereocenters. The molecule has 1 aromatic rings. The monoisotopic (exact) mass is 284 g/mol. The van der Waals surface area contributed by atoms with Gasteiger partial charge in [0.05, 0.1) is 24.1 Å². The van der Waals surface area contributed by atoms with Crippen molar-refractivity contribution in [3.63, 3.8) is 0 Å². The molecule has 19 heavy (non-hydrogen) atoms. The minimum absolute atomic E-state index is 0.0139. The number of hydrogen-bond acceptors (Lipinski definition) is 4. The van der Waals surface area contributed by atoms with E-state index in [1.54, 1.807) is 19.2 Å². The van der Waals surface area contributed by atoms with Crippen molar-refractivity contribution in [1.29, 1.82) is 0 Å². The molecule has 5 nitrogen and oxygen atoms in total. The highest BCUT2D eigenvalue weighted by atomic mass is 32.1. The van der Waals surface area contributed by atoms with Crippen LogP contribution in [0.15, 0.2) is 17.5 Å². The summed E-state index contributed by atoms with van der Waals surface area (Å²) >= 11 is 1.35. The Morgan fingerprint density at radius 1 is 1.47 bits per heavy atom. The fourth-order valence-electron chi connectivity index (χ4n) is 1.55. The van der Waals surface area contributed by atoms with E-state index >= 15 is 0 Å². The lowest BCUT2D eigenvalue weighted by atomic mass is 10.1. The van der Waals surface area contributed by atoms with Gasteiger partial charge in [-0.05, 0) is 17.4 Å². The van der Waals surface area contributed by atoms with Gasteiger partial charge in [0.15, 0.2) is 0 Å². The van der Waals surface area contributed by atoms with Gasteiger partial charge in [-0.25, -0.2) is 0 Å². The molecule has 0 bridgehead atoms. The van der Waals surface area contributed by atoms with Crippen molar-refractivity contribution in [2.75, 3.05) is 20.2 Å². The molecule has 1 atom stereocenters. The predicted molar refractivity (Wildman–Crippen MR) is 75.1 cm³/mol. The topological polar surface area (TPSA) is 69.6 Å². The van der Waals surface area contributed by atoms with E-state index in [-0.39, 0.29) is 36.9 Å². The van der Waals surface area contributed by atoms with E-state index in [4.69, 9.17) is 5.11 Å². The van der Waals surface area contributed by atoms with Gasteiger partial charge in [-0.3, -0.25) is 9.59 Å². The summed E-state index contributed by atoms with van der Waals surface area (Å²) in [5.41, 5.74) is 0. The zero-order chi connectivity index (χ0) is 14.4. The van der Waals surface area contributed by atoms with Crippen molar-refractivity contribution in [3.05, 3.63) is 22.4 Å². The largest absolute Gasteiger partial charge is 0.394 e. The average molecular weight is 284 g/mol. The normalized spacial score (nSPS) is 12.3. The van der Waals surface area contributed by atoms with Gasteiger partial charge >= 0.3 is 0 Å². The molecule has 1 heterocycles. The molecule has 1 rings (SSSR count). The van der Waals surface area contributed by atoms with E-state index in [2.05, 4.69) is 5.32 Å². The molecule has 0 radical (unpaired) electrons. The van der Waals surface area contributed by atoms with Crippen LogP contribution < -0.4 is 5.32 Å². The van der Waals surface area contributed by atoms with Crippen LogP contribution in [0.4, 0.5) is 0 Å². The Morgan fingerprint density at radius 3 is 2.63 bits per heavy atom. The molecule has 2 amide bonds. The maximum Gasteiger partial charge on any atom is 0.264 e. The lowest BCUT2D eigenvalue weighted by molar-refractivity contribution is -0.122. The first kappa shape index (κ1) is 15.7. The molecule has 0 spiro atoms. The van der Waals surface area contributed by atoms with Crippen LogP contribution in [0.5, 0.6) is 0 Å². The summed E-state index contributed by atoms with van der Waals surface area (Å²) in [6, 6.07) is 3.25. The van der Waals surface area contributed by atoms with E-state index in [9.17, 15) is 9.59 Å². The van der Waals surface area contributed by atoms with Crippen molar-refractivity contribution in [3.8, 4) is 0 Å². The summed E-state index contributed by atoms with van der Waals surface area (Å²) in [6.45, 7) is 3.72. The Morgan fingerprint density at radius 2 is 2.16 bits per heavy atom. The molecular formula is C13H20N2O3S. The fraction of sp³-hybridized carbons (Fsp3) is 0.538. The number of likely N-dealkylation sites (N-methyl/N-ethyl adjacent to an activating group) is 1. The maximum absolute atomic E-state index is 11.9. The summed E-state index contributed by atoms with van der Waals surface area (Å²) in [4.78, 5) is 25.7. The van der Waals surface area contributed by atoms with Gasteiger partial charge in [-0.1, -0.05) is 19.9 Å². The third-order valence-corrected chi connectivity index (χ3v) is 3.67. The third kappa shape index (κ3) is 4.65. The first-order valence-electron chi connectivity index (χ1n) is 6.15. The molecule has 6 heteroatoms. The van der Waals surface area contributed by atoms with Crippen LogP contribution >= 0.6 is 11.3 Å². The van der Waals surface area contributed by atoms with Gasteiger partial charge in [-0.2, -0.15) is 0 Å². The number of nitrogens with zero attached hydrogens (tertiary/aromatic N) is 1. The van der Waals surface area contributed by atoms with Crippen molar-refractivity contribution in [2.24, 2.45) is 5.92 Å². The van der Waals surface area contributed by atoms with Gasteiger partial charge in [0.2, 0.25) is 5.91 Å². The second-order valence-corrected chi connectivity index (χ2v) is 5.69. The molecule has 0 aliphatic rings. The van der Waals surface area contributed by atoms with Crippen LogP contribution in [-0.2, 0) is 4.79 Å². The number of rotatable bonds is 6. The van der Waals surface area contributed by atoms with E-state index in [1.165, 1.54) is 16.2 Å². The summed E-state index contributed by atoms with van der Waals surface area (Å²) in [5, 5.41) is 13.7. The second-order valence-electron chi connectivity index (χ2n) is 4.74. The fourth-order valence-corrected chi connectivity index (χ4v) is 2.27. The van der Waals surface area contributed by atoms with Crippen molar-refractivity contribution in [1.82, 2.24) is 10.2 Å². The summed E-state index contributed by atoms with van der Waals surface area (Å²) in [7, 11) is 1.59. The van der Waals surface area contributed by atoms with Gasteiger partial charge in [-0.15, -0.1) is 11.3 Å². The number of aliphatic hydroxyl groups is 1. The molecule has 106 valence electrons. The summed E-state index contributed by atoms with van der Waals surface area (Å²) in [6.07, 6.45) is 0. The quantitative estimate of drug-likeness (QED) is 0.817. The van der Waals surface area contributed by atoms with E-state index in [0.717, 1.165) is 0 Å². The van der Waals surface area contributed by atoms with Crippen LogP contribution in [0.2, 0.25) is 0 Å². The standard InChI is InChI=1S/C13H20N2O3S/c1-9(2)10(8-16)14-12(17)7-15(3)13(18)11-5-4-6-19-11/h4-6,9-10,16H,7-8H2,1-3H3,(H,14,17)/t10-/m1/s1. The molecular weight excluding hydrogens is 264 g/mol. The van der Waals surface area contributed by atoms with Crippen molar-refractivity contribution in [2.45, 2.75) is 19.9 Å². The van der Waals surface area contributed by atoms with E-state index < -0.39 is 0 Å². The highest BCUT2D eigenvalue weighted by Crippen LogP contribution is 2.10. The lowest BCUT2D eigenvalue weighted by Crippen LogP contribution is -2.46. The van der Waals surface area contributed by atoms with Crippen LogP contribution in [0.3, 0.4) is 0 Å². The van der Waals surface area contributed by atoms with E-state index in [0.29, 0.717) is 4.88 Å². The number of carbonyl (C=O) groups is 2. The van der Waals surface area contributed by atoms with Gasteiger partial charge in [0.25, 0.3) is 5.91 Å². The van der Waals surface area contributed by atoms with Crippen LogP contribution in [0, 0.1) is 5.92 Å². The Balaban J connectivity index is 2.50. The number of hydrogen-bond donors (Lipinski definition) is 2. The Labute approximate surface area is 117 Å². The van der Waals surface area contributed by atoms with Gasteiger partial charge < -0.3 is 15.3 Å². The average Bonchev–Trinajstić information content (AvgIpc) is 2.88. The SMILES string of the molecule is CC(C)[C@@H](CO)NC(=O)CN(C)C(=O)c1cccs1. The number of aliphatic hydroxyl groups excluding tert-OH is 1. The summed E-state index contributed by atoms with van der Waals surface area (Å²) < 4.78 is 0. The molecule has 0 saturated heterocycles. The highest BCUT2D eigenvalue weighted by molar-refractivity contribution is 7.12. The molecule has 1 aromatic heterocycles. The molecule has 0 fully saturated rings. The van der Waals surface area contributed by atoms with Crippen LogP contribution in [0.1, 0.15) is 23.5 Å². The number of nitrogens with one attached hydrogen (secondary N) is 1. The number of carbonyl (C=O) groups excluding carboxylic acids is 2. The first-order chi connectivity index (χ1) is 8.95. The zero-order valence-corrected chi connectivity index (χ0v) is 12.2. The number of amides is 2. The Kier molecular flexibility index (Phi) is 5.98. The predicted octanol–water partition coefficient (Wildman–Crippen LogP) is 0.953. The van der Waals surface area contributed by atoms with E-state index in [1.807, 2.05) is 19.2 Å². The zero-order valence-electron chi connectivity index (χ0n) is 11.4. The maximum atomic E-state index is 11.9. The van der Waals surface area contributed by atoms with Crippen molar-refractivity contribution >= 4 is 23.2 Å². The third-order valence-electron chi connectivity index (χ3n) is 2.81. The minimum Gasteiger partial charge on any atom is -0.394 e. The molecule has 0 aliphatic carbocycles. The van der Waals surface area contributed by atoms with Crippen molar-refractivity contribution < 1.29 is 14.7 Å². The molecule has 0 aromatic carbocycles.